The van der Waals surface area contributed by atoms with Crippen molar-refractivity contribution in [3.8, 4) is 11.5 Å². The van der Waals surface area contributed by atoms with Crippen LogP contribution < -0.4 is 5.32 Å². The van der Waals surface area contributed by atoms with Gasteiger partial charge >= 0.3 is 0 Å². The predicted molar refractivity (Wildman–Crippen MR) is 91.5 cm³/mol. The Balaban J connectivity index is 1.45. The smallest absolute Gasteiger partial charge is 0.286 e. The molecule has 8 heteroatoms. The van der Waals surface area contributed by atoms with Crippen LogP contribution in [0.15, 0.2) is 39.3 Å². The first-order valence-electron chi connectivity index (χ1n) is 8.65. The Hall–Kier alpha value is -2.87. The molecule has 136 valence electrons. The number of hydrogen-bond acceptors (Lipinski definition) is 6. The van der Waals surface area contributed by atoms with Gasteiger partial charge in [-0.3, -0.25) is 4.79 Å². The van der Waals surface area contributed by atoms with E-state index in [1.807, 2.05) is 12.1 Å². The van der Waals surface area contributed by atoms with Crippen molar-refractivity contribution < 1.29 is 18.4 Å². The van der Waals surface area contributed by atoms with Crippen LogP contribution in [0.4, 0.5) is 0 Å². The van der Waals surface area contributed by atoms with Crippen LogP contribution in [0, 0.1) is 0 Å². The fraction of sp³-hybridized carbons (Fsp3) is 0.389. The predicted octanol–water partition coefficient (Wildman–Crippen LogP) is 2.78. The molecule has 0 radical (unpaired) electrons. The number of hydrogen-bond donors (Lipinski definition) is 1. The molecule has 0 spiro atoms. The van der Waals surface area contributed by atoms with Gasteiger partial charge in [0.25, 0.3) is 5.91 Å². The van der Waals surface area contributed by atoms with E-state index in [0.29, 0.717) is 23.8 Å². The first kappa shape index (κ1) is 16.6. The second-order valence-corrected chi connectivity index (χ2v) is 6.20. The van der Waals surface area contributed by atoms with Gasteiger partial charge in [0, 0.05) is 13.7 Å². The number of aromatic nitrogens is 3. The molecular weight excluding hydrogens is 336 g/mol. The average molecular weight is 356 g/mol. The normalized spacial score (nSPS) is 17.3. The minimum atomic E-state index is -0.261. The summed E-state index contributed by atoms with van der Waals surface area (Å²) < 4.78 is 18.8. The maximum atomic E-state index is 11.5. The van der Waals surface area contributed by atoms with Crippen molar-refractivity contribution in [2.24, 2.45) is 0 Å². The zero-order valence-electron chi connectivity index (χ0n) is 14.5. The molecular formula is C18H20N4O4. The number of nitrogens with one attached hydrogen (secondary N) is 1. The largest absolute Gasteiger partial charge is 0.457 e. The number of amides is 1. The van der Waals surface area contributed by atoms with Crippen molar-refractivity contribution in [2.75, 3.05) is 13.7 Å². The summed E-state index contributed by atoms with van der Waals surface area (Å²) in [5.41, 5.74) is 0.644. The molecule has 4 heterocycles. The third-order valence-electron chi connectivity index (χ3n) is 4.35. The Morgan fingerprint density at radius 2 is 2.19 bits per heavy atom. The number of furan rings is 2. The Kier molecular flexibility index (Phi) is 4.57. The van der Waals surface area contributed by atoms with Crippen LogP contribution >= 0.6 is 0 Å². The van der Waals surface area contributed by atoms with E-state index >= 15 is 0 Å². The van der Waals surface area contributed by atoms with Gasteiger partial charge in [0.15, 0.2) is 11.5 Å². The molecule has 0 bridgehead atoms. The Labute approximate surface area is 150 Å². The summed E-state index contributed by atoms with van der Waals surface area (Å²) in [5.74, 6) is 2.12. The van der Waals surface area contributed by atoms with Crippen LogP contribution in [0.25, 0.3) is 11.5 Å². The summed E-state index contributed by atoms with van der Waals surface area (Å²) in [6.07, 6.45) is 5.04. The van der Waals surface area contributed by atoms with Crippen molar-refractivity contribution in [3.63, 3.8) is 0 Å². The van der Waals surface area contributed by atoms with E-state index in [1.165, 1.54) is 0 Å². The standard InChI is InChI=1S/C18H20N4O4/c1-19-18(23)17-6-5-12(25-17)10-22-11-13(20-21-22)14-7-8-16(26-14)15-4-2-3-9-24-15/h5-8,11,15H,2-4,9-10H2,1H3,(H,19,23)/t15-/m0/s1. The first-order chi connectivity index (χ1) is 12.7. The molecule has 1 saturated heterocycles. The maximum Gasteiger partial charge on any atom is 0.286 e. The monoisotopic (exact) mass is 356 g/mol. The zero-order chi connectivity index (χ0) is 17.9. The Morgan fingerprint density at radius 3 is 3.00 bits per heavy atom. The summed E-state index contributed by atoms with van der Waals surface area (Å²) in [6, 6.07) is 7.21. The van der Waals surface area contributed by atoms with Crippen LogP contribution in [-0.4, -0.2) is 34.6 Å². The van der Waals surface area contributed by atoms with E-state index in [2.05, 4.69) is 15.6 Å². The van der Waals surface area contributed by atoms with Crippen molar-refractivity contribution in [1.82, 2.24) is 20.3 Å². The van der Waals surface area contributed by atoms with E-state index in [-0.39, 0.29) is 17.8 Å². The van der Waals surface area contributed by atoms with E-state index in [9.17, 15) is 4.79 Å². The van der Waals surface area contributed by atoms with Gasteiger partial charge in [-0.15, -0.1) is 5.10 Å². The molecule has 0 saturated carbocycles. The van der Waals surface area contributed by atoms with Gasteiger partial charge in [0.2, 0.25) is 0 Å². The van der Waals surface area contributed by atoms with Crippen LogP contribution in [0.3, 0.4) is 0 Å². The molecule has 1 amide bonds. The van der Waals surface area contributed by atoms with E-state index in [1.54, 1.807) is 30.1 Å². The Morgan fingerprint density at radius 1 is 1.27 bits per heavy atom. The lowest BCUT2D eigenvalue weighted by atomic mass is 10.1. The third kappa shape index (κ3) is 3.41. The van der Waals surface area contributed by atoms with Crippen molar-refractivity contribution in [1.29, 1.82) is 0 Å². The molecule has 1 N–H and O–H groups in total. The van der Waals surface area contributed by atoms with Gasteiger partial charge in [-0.2, -0.15) is 0 Å². The highest BCUT2D eigenvalue weighted by molar-refractivity contribution is 5.91. The molecule has 3 aromatic rings. The van der Waals surface area contributed by atoms with Gasteiger partial charge in [0.1, 0.15) is 29.9 Å². The zero-order valence-corrected chi connectivity index (χ0v) is 14.5. The molecule has 0 unspecified atom stereocenters. The molecule has 26 heavy (non-hydrogen) atoms. The number of carbonyl (C=O) groups excluding carboxylic acids is 1. The molecule has 1 aliphatic heterocycles. The summed E-state index contributed by atoms with van der Waals surface area (Å²) in [5, 5.41) is 10.8. The average Bonchev–Trinajstić information content (AvgIpc) is 3.42. The second kappa shape index (κ2) is 7.17. The first-order valence-corrected chi connectivity index (χ1v) is 8.65. The van der Waals surface area contributed by atoms with E-state index < -0.39 is 0 Å². The minimum Gasteiger partial charge on any atom is -0.457 e. The molecule has 0 aliphatic carbocycles. The van der Waals surface area contributed by atoms with Crippen LogP contribution in [0.1, 0.15) is 47.4 Å². The summed E-state index contributed by atoms with van der Waals surface area (Å²) in [6.45, 7) is 1.15. The van der Waals surface area contributed by atoms with Crippen LogP contribution in [0.2, 0.25) is 0 Å². The van der Waals surface area contributed by atoms with E-state index in [4.69, 9.17) is 13.6 Å². The van der Waals surface area contributed by atoms with Gasteiger partial charge in [-0.25, -0.2) is 4.68 Å². The number of ether oxygens (including phenoxy) is 1. The maximum absolute atomic E-state index is 11.5. The van der Waals surface area contributed by atoms with E-state index in [0.717, 1.165) is 31.6 Å². The van der Waals surface area contributed by atoms with Gasteiger partial charge < -0.3 is 18.9 Å². The molecule has 4 rings (SSSR count). The number of carbonyl (C=O) groups is 1. The summed E-state index contributed by atoms with van der Waals surface area (Å²) in [7, 11) is 1.56. The van der Waals surface area contributed by atoms with Crippen LogP contribution in [-0.2, 0) is 11.3 Å². The molecule has 0 aromatic carbocycles. The minimum absolute atomic E-state index is 0.0267. The summed E-state index contributed by atoms with van der Waals surface area (Å²) >= 11 is 0. The SMILES string of the molecule is CNC(=O)c1ccc(Cn2cc(-c3ccc([C@@H]4CCCCO4)o3)nn2)o1. The molecule has 8 nitrogen and oxygen atoms in total. The lowest BCUT2D eigenvalue weighted by Crippen LogP contribution is -2.16. The number of nitrogens with zero attached hydrogens (tertiary/aromatic N) is 3. The highest BCUT2D eigenvalue weighted by Crippen LogP contribution is 2.31. The van der Waals surface area contributed by atoms with Gasteiger partial charge in [-0.1, -0.05) is 5.21 Å². The van der Waals surface area contributed by atoms with Gasteiger partial charge in [0.05, 0.1) is 6.20 Å². The van der Waals surface area contributed by atoms with Crippen molar-refractivity contribution >= 4 is 5.91 Å². The highest BCUT2D eigenvalue weighted by atomic mass is 16.5. The fourth-order valence-electron chi connectivity index (χ4n) is 2.99. The van der Waals surface area contributed by atoms with Crippen LogP contribution in [0.5, 0.6) is 0 Å². The quantitative estimate of drug-likeness (QED) is 0.755. The topological polar surface area (TPSA) is 95.3 Å². The lowest BCUT2D eigenvalue weighted by Gasteiger charge is -2.20. The third-order valence-corrected chi connectivity index (χ3v) is 4.35. The number of rotatable bonds is 5. The lowest BCUT2D eigenvalue weighted by molar-refractivity contribution is 0.00220. The Bertz CT molecular complexity index is 889. The highest BCUT2D eigenvalue weighted by Gasteiger charge is 2.20. The van der Waals surface area contributed by atoms with Crippen molar-refractivity contribution in [3.05, 3.63) is 47.7 Å². The second-order valence-electron chi connectivity index (χ2n) is 6.20. The molecule has 3 aromatic heterocycles. The molecule has 1 aliphatic rings. The molecule has 1 atom stereocenters. The molecule has 1 fully saturated rings. The van der Waals surface area contributed by atoms with Gasteiger partial charge in [-0.05, 0) is 43.5 Å². The fourth-order valence-corrected chi connectivity index (χ4v) is 2.99. The summed E-state index contributed by atoms with van der Waals surface area (Å²) in [4.78, 5) is 11.5. The van der Waals surface area contributed by atoms with Crippen molar-refractivity contribution in [2.45, 2.75) is 31.9 Å².